The van der Waals surface area contributed by atoms with E-state index in [-0.39, 0.29) is 0 Å². The monoisotopic (exact) mass is 228 g/mol. The predicted molar refractivity (Wildman–Crippen MR) is 53.5 cm³/mol. The van der Waals surface area contributed by atoms with Gasteiger partial charge in [-0.15, -0.1) is 0 Å². The molecular weight excluding hydrogens is 220 g/mol. The molecule has 0 radical (unpaired) electrons. The van der Waals surface area contributed by atoms with Gasteiger partial charge in [-0.2, -0.15) is 0 Å². The second-order valence-electron chi connectivity index (χ2n) is 2.70. The minimum atomic E-state index is 0.405. The van der Waals surface area contributed by atoms with Crippen LogP contribution in [0.2, 0.25) is 5.15 Å². The third kappa shape index (κ3) is 2.62. The van der Waals surface area contributed by atoms with Crippen molar-refractivity contribution in [2.75, 3.05) is 20.0 Å². The average molecular weight is 229 g/mol. The van der Waals surface area contributed by atoms with Gasteiger partial charge in [-0.1, -0.05) is 11.6 Å². The van der Waals surface area contributed by atoms with Gasteiger partial charge in [-0.3, -0.25) is 0 Å². The lowest BCUT2D eigenvalue weighted by atomic mass is 10.6. The highest BCUT2D eigenvalue weighted by Crippen LogP contribution is 2.13. The summed E-state index contributed by atoms with van der Waals surface area (Å²) < 4.78 is 9.44. The van der Waals surface area contributed by atoms with Crippen LogP contribution in [0.5, 0.6) is 0 Å². The van der Waals surface area contributed by atoms with Crippen LogP contribution in [0, 0.1) is 0 Å². The molecule has 7 heteroatoms. The maximum atomic E-state index is 5.68. The Balaban J connectivity index is 0.000000144. The largest absolute Gasteiger partial charge is 0.353 e. The molecule has 0 bridgehead atoms. The fourth-order valence-corrected chi connectivity index (χ4v) is 1.21. The average Bonchev–Trinajstić information content (AvgIpc) is 2.93. The van der Waals surface area contributed by atoms with Crippen molar-refractivity contribution in [2.45, 2.75) is 0 Å². The molecule has 1 aliphatic heterocycles. The first-order chi connectivity index (χ1) is 7.38. The Morgan fingerprint density at radius 1 is 1.20 bits per heavy atom. The number of H-pyrrole nitrogens is 1. The number of hydrogen-bond donors (Lipinski definition) is 1. The van der Waals surface area contributed by atoms with Crippen molar-refractivity contribution in [1.29, 1.82) is 0 Å². The Labute approximate surface area is 90.6 Å². The van der Waals surface area contributed by atoms with Crippen molar-refractivity contribution in [2.24, 2.45) is 0 Å². The third-order valence-electron chi connectivity index (χ3n) is 1.72. The SMILES string of the molecule is C1COCO1.Clc1ncnc2nc[nH]c12. The summed E-state index contributed by atoms with van der Waals surface area (Å²) in [6.45, 7) is 2.06. The highest BCUT2D eigenvalue weighted by molar-refractivity contribution is 6.33. The number of imidazole rings is 1. The summed E-state index contributed by atoms with van der Waals surface area (Å²) in [7, 11) is 0. The predicted octanol–water partition coefficient (Wildman–Crippen LogP) is 0.997. The zero-order chi connectivity index (χ0) is 10.5. The molecule has 80 valence electrons. The first-order valence-corrected chi connectivity index (χ1v) is 4.71. The van der Waals surface area contributed by atoms with Gasteiger partial charge in [0.25, 0.3) is 0 Å². The number of nitrogens with zero attached hydrogens (tertiary/aromatic N) is 3. The van der Waals surface area contributed by atoms with Gasteiger partial charge < -0.3 is 14.5 Å². The van der Waals surface area contributed by atoms with E-state index in [2.05, 4.69) is 19.9 Å². The zero-order valence-electron chi connectivity index (χ0n) is 7.81. The van der Waals surface area contributed by atoms with Gasteiger partial charge in [0.05, 0.1) is 19.5 Å². The molecule has 0 saturated carbocycles. The topological polar surface area (TPSA) is 72.9 Å². The van der Waals surface area contributed by atoms with E-state index in [1.165, 1.54) is 12.7 Å². The van der Waals surface area contributed by atoms with Gasteiger partial charge >= 0.3 is 0 Å². The lowest BCUT2D eigenvalue weighted by Gasteiger charge is -1.86. The lowest BCUT2D eigenvalue weighted by molar-refractivity contribution is 0.0692. The lowest BCUT2D eigenvalue weighted by Crippen LogP contribution is -1.80. The van der Waals surface area contributed by atoms with Crippen LogP contribution < -0.4 is 0 Å². The molecule has 0 atom stereocenters. The molecule has 1 saturated heterocycles. The molecule has 0 amide bonds. The normalized spacial score (nSPS) is 15.0. The van der Waals surface area contributed by atoms with Crippen LogP contribution in [-0.2, 0) is 9.47 Å². The van der Waals surface area contributed by atoms with Crippen molar-refractivity contribution in [3.05, 3.63) is 17.8 Å². The number of nitrogens with one attached hydrogen (secondary N) is 1. The van der Waals surface area contributed by atoms with Crippen molar-refractivity contribution in [3.8, 4) is 0 Å². The Hall–Kier alpha value is -1.24. The summed E-state index contributed by atoms with van der Waals surface area (Å²) >= 11 is 5.68. The van der Waals surface area contributed by atoms with E-state index in [9.17, 15) is 0 Å². The molecule has 1 aliphatic rings. The van der Waals surface area contributed by atoms with Gasteiger partial charge in [0.2, 0.25) is 0 Å². The van der Waals surface area contributed by atoms with E-state index in [4.69, 9.17) is 21.1 Å². The molecule has 15 heavy (non-hydrogen) atoms. The van der Waals surface area contributed by atoms with Crippen molar-refractivity contribution in [1.82, 2.24) is 19.9 Å². The number of aromatic amines is 1. The van der Waals surface area contributed by atoms with Gasteiger partial charge in [-0.25, -0.2) is 15.0 Å². The first kappa shape index (κ1) is 10.3. The molecule has 1 N–H and O–H groups in total. The van der Waals surface area contributed by atoms with E-state index in [1.807, 2.05) is 0 Å². The molecule has 3 heterocycles. The van der Waals surface area contributed by atoms with E-state index in [0.717, 1.165) is 13.2 Å². The maximum Gasteiger partial charge on any atom is 0.182 e. The minimum absolute atomic E-state index is 0.405. The number of fused-ring (bicyclic) bond motifs is 1. The summed E-state index contributed by atoms with van der Waals surface area (Å²) in [6, 6.07) is 0. The van der Waals surface area contributed by atoms with Crippen molar-refractivity contribution >= 4 is 22.8 Å². The number of halogens is 1. The third-order valence-corrected chi connectivity index (χ3v) is 2.00. The Morgan fingerprint density at radius 3 is 2.60 bits per heavy atom. The fraction of sp³-hybridized carbons (Fsp3) is 0.375. The number of aromatic nitrogens is 4. The van der Waals surface area contributed by atoms with Crippen molar-refractivity contribution in [3.63, 3.8) is 0 Å². The van der Waals surface area contributed by atoms with E-state index >= 15 is 0 Å². The number of hydrogen-bond acceptors (Lipinski definition) is 5. The standard InChI is InChI=1S/C5H3ClN4.C3H6O2/c6-4-3-5(9-1-7-3)10-2-8-4;1-2-5-3-4-1/h1-2H,(H,7,8,9,10);1-3H2. The van der Waals surface area contributed by atoms with Crippen LogP contribution in [0.1, 0.15) is 0 Å². The van der Waals surface area contributed by atoms with Crippen LogP contribution >= 0.6 is 11.6 Å². The second-order valence-corrected chi connectivity index (χ2v) is 3.06. The zero-order valence-corrected chi connectivity index (χ0v) is 8.57. The molecule has 3 rings (SSSR count). The molecule has 1 fully saturated rings. The van der Waals surface area contributed by atoms with Crippen molar-refractivity contribution < 1.29 is 9.47 Å². The molecule has 0 spiro atoms. The summed E-state index contributed by atoms with van der Waals surface area (Å²) in [6.07, 6.45) is 2.91. The minimum Gasteiger partial charge on any atom is -0.353 e. The van der Waals surface area contributed by atoms with E-state index < -0.39 is 0 Å². The second kappa shape index (κ2) is 5.01. The van der Waals surface area contributed by atoms with Crippen LogP contribution in [0.15, 0.2) is 12.7 Å². The van der Waals surface area contributed by atoms with Crippen LogP contribution in [0.4, 0.5) is 0 Å². The van der Waals surface area contributed by atoms with Crippen LogP contribution in [-0.4, -0.2) is 39.9 Å². The van der Waals surface area contributed by atoms with Gasteiger partial charge in [0.1, 0.15) is 18.6 Å². The highest BCUT2D eigenvalue weighted by atomic mass is 35.5. The summed E-state index contributed by atoms with van der Waals surface area (Å²) in [5.41, 5.74) is 1.28. The molecule has 2 aromatic rings. The summed E-state index contributed by atoms with van der Waals surface area (Å²) in [4.78, 5) is 14.3. The fourth-order valence-electron chi connectivity index (χ4n) is 1.03. The molecular formula is C8H9ClN4O2. The van der Waals surface area contributed by atoms with E-state index in [0.29, 0.717) is 23.1 Å². The van der Waals surface area contributed by atoms with Crippen LogP contribution in [0.25, 0.3) is 11.2 Å². The number of rotatable bonds is 0. The van der Waals surface area contributed by atoms with Gasteiger partial charge in [0.15, 0.2) is 10.8 Å². The maximum absolute atomic E-state index is 5.68. The first-order valence-electron chi connectivity index (χ1n) is 4.33. The molecule has 6 nitrogen and oxygen atoms in total. The van der Waals surface area contributed by atoms with Crippen LogP contribution in [0.3, 0.4) is 0 Å². The number of ether oxygens (including phenoxy) is 2. The Kier molecular flexibility index (Phi) is 3.44. The molecule has 0 aromatic carbocycles. The molecule has 0 aliphatic carbocycles. The quantitative estimate of drug-likeness (QED) is 0.681. The molecule has 2 aromatic heterocycles. The van der Waals surface area contributed by atoms with E-state index in [1.54, 1.807) is 0 Å². The highest BCUT2D eigenvalue weighted by Gasteiger charge is 2.00. The molecule has 0 unspecified atom stereocenters. The smallest absolute Gasteiger partial charge is 0.182 e. The summed E-state index contributed by atoms with van der Waals surface area (Å²) in [5, 5.41) is 0.405. The van der Waals surface area contributed by atoms with Gasteiger partial charge in [0, 0.05) is 0 Å². The van der Waals surface area contributed by atoms with Gasteiger partial charge in [-0.05, 0) is 0 Å². The Bertz CT molecular complexity index is 422. The Morgan fingerprint density at radius 2 is 2.00 bits per heavy atom. The summed E-state index contributed by atoms with van der Waals surface area (Å²) in [5.74, 6) is 0.